The topological polar surface area (TPSA) is 66.8 Å². The van der Waals surface area contributed by atoms with Crippen molar-refractivity contribution < 1.29 is 19.4 Å². The highest BCUT2D eigenvalue weighted by molar-refractivity contribution is 5.91. The molecular weight excluding hydrogens is 318 g/mol. The quantitative estimate of drug-likeness (QED) is 0.874. The van der Waals surface area contributed by atoms with E-state index in [1.807, 2.05) is 48.5 Å². The molecule has 5 heteroatoms. The van der Waals surface area contributed by atoms with Crippen LogP contribution in [0.15, 0.2) is 54.6 Å². The molecule has 5 rings (SSSR count). The van der Waals surface area contributed by atoms with Gasteiger partial charge in [-0.25, -0.2) is 0 Å². The summed E-state index contributed by atoms with van der Waals surface area (Å²) in [6.45, 7) is 0.878. The van der Waals surface area contributed by atoms with Crippen LogP contribution in [0.25, 0.3) is 10.8 Å². The number of fused-ring (bicyclic) bond motifs is 2. The van der Waals surface area contributed by atoms with E-state index in [1.54, 1.807) is 11.0 Å². The predicted molar refractivity (Wildman–Crippen MR) is 90.7 cm³/mol. The standard InChI is InChI=1S/C20H17NO4/c22-18-17-16(19(23)24)15-8-9-20(17,25-15)11-21(18)10-13-6-3-5-12-4-1-2-7-14(12)13/h1-9,15-17H,10-11H2,(H,23,24)/t15-,16-,17-,20+/m1/s1. The third-order valence-corrected chi connectivity index (χ3v) is 5.71. The van der Waals surface area contributed by atoms with E-state index in [-0.39, 0.29) is 5.91 Å². The van der Waals surface area contributed by atoms with Gasteiger partial charge < -0.3 is 14.7 Å². The summed E-state index contributed by atoms with van der Waals surface area (Å²) in [4.78, 5) is 26.4. The maximum atomic E-state index is 13.0. The van der Waals surface area contributed by atoms with Crippen LogP contribution < -0.4 is 0 Å². The number of hydrogen-bond donors (Lipinski definition) is 1. The molecule has 5 nitrogen and oxygen atoms in total. The van der Waals surface area contributed by atoms with E-state index in [4.69, 9.17) is 4.74 Å². The lowest BCUT2D eigenvalue weighted by Gasteiger charge is -2.22. The first-order valence-electron chi connectivity index (χ1n) is 8.44. The molecule has 3 heterocycles. The van der Waals surface area contributed by atoms with E-state index in [2.05, 4.69) is 0 Å². The number of carbonyl (C=O) groups is 2. The van der Waals surface area contributed by atoms with E-state index in [0.717, 1.165) is 16.3 Å². The second-order valence-corrected chi connectivity index (χ2v) is 7.07. The maximum absolute atomic E-state index is 13.0. The minimum absolute atomic E-state index is 0.118. The van der Waals surface area contributed by atoms with Crippen LogP contribution in [0.1, 0.15) is 5.56 Å². The van der Waals surface area contributed by atoms with Crippen molar-refractivity contribution in [1.29, 1.82) is 0 Å². The van der Waals surface area contributed by atoms with Crippen molar-refractivity contribution in [2.45, 2.75) is 18.2 Å². The number of amides is 1. The van der Waals surface area contributed by atoms with Gasteiger partial charge in [-0.3, -0.25) is 9.59 Å². The van der Waals surface area contributed by atoms with Crippen LogP contribution in [0.5, 0.6) is 0 Å². The number of benzene rings is 2. The fraction of sp³-hybridized carbons (Fsp3) is 0.300. The minimum atomic E-state index is -0.957. The highest BCUT2D eigenvalue weighted by atomic mass is 16.5. The summed E-state index contributed by atoms with van der Waals surface area (Å²) < 4.78 is 5.93. The molecule has 2 aromatic rings. The molecule has 3 aliphatic heterocycles. The molecule has 0 aromatic heterocycles. The Hall–Kier alpha value is -2.66. The second kappa shape index (κ2) is 4.92. The first-order chi connectivity index (χ1) is 12.1. The van der Waals surface area contributed by atoms with Gasteiger partial charge in [0.2, 0.25) is 5.91 Å². The smallest absolute Gasteiger partial charge is 0.310 e. The van der Waals surface area contributed by atoms with E-state index in [1.165, 1.54) is 0 Å². The Bertz CT molecular complexity index is 931. The van der Waals surface area contributed by atoms with Crippen LogP contribution >= 0.6 is 0 Å². The molecule has 0 aliphatic carbocycles. The van der Waals surface area contributed by atoms with E-state index < -0.39 is 29.5 Å². The molecular formula is C20H17NO4. The highest BCUT2D eigenvalue weighted by Crippen LogP contribution is 2.52. The largest absolute Gasteiger partial charge is 0.481 e. The molecule has 0 saturated carbocycles. The zero-order valence-corrected chi connectivity index (χ0v) is 13.5. The SMILES string of the molecule is O=C(O)[C@@H]1[C@H]2C=C[C@@]3(CN(Cc4cccc5ccccc45)C(=O)[C@@H]13)O2. The Morgan fingerprint density at radius 1 is 1.24 bits per heavy atom. The fourth-order valence-electron chi connectivity index (χ4n) is 4.63. The van der Waals surface area contributed by atoms with Crippen LogP contribution in [0.4, 0.5) is 0 Å². The van der Waals surface area contributed by atoms with Gasteiger partial charge in [-0.2, -0.15) is 0 Å². The molecule has 1 N–H and O–H groups in total. The summed E-state index contributed by atoms with van der Waals surface area (Å²) in [7, 11) is 0. The van der Waals surface area contributed by atoms with Crippen LogP contribution in [-0.2, 0) is 20.9 Å². The van der Waals surface area contributed by atoms with Crippen LogP contribution in [0, 0.1) is 11.8 Å². The number of rotatable bonds is 3. The zero-order chi connectivity index (χ0) is 17.2. The van der Waals surface area contributed by atoms with Crippen LogP contribution in [0.2, 0.25) is 0 Å². The van der Waals surface area contributed by atoms with Gasteiger partial charge >= 0.3 is 5.97 Å². The van der Waals surface area contributed by atoms with Gasteiger partial charge in [-0.05, 0) is 16.3 Å². The Morgan fingerprint density at radius 3 is 2.88 bits per heavy atom. The molecule has 126 valence electrons. The first kappa shape index (κ1) is 14.7. The second-order valence-electron chi connectivity index (χ2n) is 7.07. The summed E-state index contributed by atoms with van der Waals surface area (Å²) in [6, 6.07) is 14.1. The Morgan fingerprint density at radius 2 is 2.04 bits per heavy atom. The Balaban J connectivity index is 1.50. The van der Waals surface area contributed by atoms with E-state index in [9.17, 15) is 14.7 Å². The van der Waals surface area contributed by atoms with Gasteiger partial charge in [0, 0.05) is 6.54 Å². The lowest BCUT2D eigenvalue weighted by molar-refractivity contribution is -0.148. The number of ether oxygens (including phenoxy) is 1. The van der Waals surface area contributed by atoms with Crippen molar-refractivity contribution in [1.82, 2.24) is 4.90 Å². The molecule has 1 amide bonds. The zero-order valence-electron chi connectivity index (χ0n) is 13.5. The Kier molecular flexibility index (Phi) is 2.89. The van der Waals surface area contributed by atoms with Gasteiger partial charge in [0.15, 0.2) is 0 Å². The van der Waals surface area contributed by atoms with Crippen molar-refractivity contribution in [3.8, 4) is 0 Å². The highest BCUT2D eigenvalue weighted by Gasteiger charge is 2.66. The molecule has 0 radical (unpaired) electrons. The van der Waals surface area contributed by atoms with Crippen molar-refractivity contribution in [2.24, 2.45) is 11.8 Å². The lowest BCUT2D eigenvalue weighted by atomic mass is 9.77. The average Bonchev–Trinajstić information content (AvgIpc) is 3.24. The molecule has 2 bridgehead atoms. The predicted octanol–water partition coefficient (Wildman–Crippen LogP) is 2.21. The molecule has 1 spiro atoms. The summed E-state index contributed by atoms with van der Waals surface area (Å²) in [5.74, 6) is -2.47. The van der Waals surface area contributed by atoms with Crippen LogP contribution in [-0.4, -0.2) is 40.1 Å². The van der Waals surface area contributed by atoms with E-state index >= 15 is 0 Å². The minimum Gasteiger partial charge on any atom is -0.481 e. The van der Waals surface area contributed by atoms with Gasteiger partial charge in [-0.1, -0.05) is 54.6 Å². The maximum Gasteiger partial charge on any atom is 0.310 e. The average molecular weight is 335 g/mol. The molecule has 25 heavy (non-hydrogen) atoms. The first-order valence-corrected chi connectivity index (χ1v) is 8.44. The summed E-state index contributed by atoms with van der Waals surface area (Å²) >= 11 is 0. The number of aliphatic carboxylic acids is 1. The monoisotopic (exact) mass is 335 g/mol. The van der Waals surface area contributed by atoms with Crippen molar-refractivity contribution in [3.63, 3.8) is 0 Å². The number of carboxylic acids is 1. The number of carboxylic acid groups (broad SMARTS) is 1. The van der Waals surface area contributed by atoms with Gasteiger partial charge in [0.25, 0.3) is 0 Å². The van der Waals surface area contributed by atoms with Gasteiger partial charge in [0.05, 0.1) is 18.6 Å². The number of likely N-dealkylation sites (tertiary alicyclic amines) is 1. The van der Waals surface area contributed by atoms with Crippen molar-refractivity contribution >= 4 is 22.6 Å². The number of carbonyl (C=O) groups excluding carboxylic acids is 1. The third kappa shape index (κ3) is 1.93. The normalized spacial score (nSPS) is 32.6. The number of hydrogen-bond acceptors (Lipinski definition) is 3. The molecule has 4 atom stereocenters. The third-order valence-electron chi connectivity index (χ3n) is 5.71. The summed E-state index contributed by atoms with van der Waals surface area (Å²) in [5.41, 5.74) is 0.295. The molecule has 2 fully saturated rings. The summed E-state index contributed by atoms with van der Waals surface area (Å²) in [6.07, 6.45) is 3.21. The van der Waals surface area contributed by atoms with Gasteiger partial charge in [0.1, 0.15) is 11.5 Å². The summed E-state index contributed by atoms with van der Waals surface area (Å²) in [5, 5.41) is 11.8. The van der Waals surface area contributed by atoms with Gasteiger partial charge in [-0.15, -0.1) is 0 Å². The molecule has 2 saturated heterocycles. The molecule has 2 aromatic carbocycles. The molecule has 3 aliphatic rings. The van der Waals surface area contributed by atoms with E-state index in [0.29, 0.717) is 13.1 Å². The number of nitrogens with zero attached hydrogens (tertiary/aromatic N) is 1. The Labute approximate surface area is 144 Å². The van der Waals surface area contributed by atoms with Crippen molar-refractivity contribution in [2.75, 3.05) is 6.54 Å². The lowest BCUT2D eigenvalue weighted by Crippen LogP contribution is -2.39. The molecule has 0 unspecified atom stereocenters. The fourth-order valence-corrected chi connectivity index (χ4v) is 4.63. The van der Waals surface area contributed by atoms with Crippen molar-refractivity contribution in [3.05, 3.63) is 60.2 Å². The van der Waals surface area contributed by atoms with Crippen LogP contribution in [0.3, 0.4) is 0 Å².